The van der Waals surface area contributed by atoms with Gasteiger partial charge in [0.05, 0.1) is 22.4 Å². The molecule has 1 fully saturated rings. The topological polar surface area (TPSA) is 59.2 Å². The van der Waals surface area contributed by atoms with Crippen molar-refractivity contribution in [1.82, 2.24) is 29.4 Å². The highest BCUT2D eigenvalue weighted by molar-refractivity contribution is 9.10. The number of amides is 1. The molecule has 0 unspecified atom stereocenters. The number of hydrogen-bond acceptors (Lipinski definition) is 4. The van der Waals surface area contributed by atoms with E-state index in [1.54, 1.807) is 0 Å². The van der Waals surface area contributed by atoms with Gasteiger partial charge in [0.2, 0.25) is 5.91 Å². The highest BCUT2D eigenvalue weighted by atomic mass is 79.9. The summed E-state index contributed by atoms with van der Waals surface area (Å²) in [4.78, 5) is 17.0. The summed E-state index contributed by atoms with van der Waals surface area (Å²) >= 11 is 3.54. The Bertz CT molecular complexity index is 803. The van der Waals surface area contributed by atoms with Crippen molar-refractivity contribution < 1.29 is 4.79 Å². The second-order valence-electron chi connectivity index (χ2n) is 7.21. The van der Waals surface area contributed by atoms with Crippen LogP contribution in [0.15, 0.2) is 10.7 Å². The van der Waals surface area contributed by atoms with Gasteiger partial charge >= 0.3 is 0 Å². The number of carbonyl (C=O) groups is 1. The third-order valence-electron chi connectivity index (χ3n) is 5.32. The van der Waals surface area contributed by atoms with Crippen molar-refractivity contribution in [3.63, 3.8) is 0 Å². The minimum atomic E-state index is 0.216. The standard InChI is InChI=1S/C19H29BrN6O/c1-5-25-13-17(14(2)21-25)12-23-8-10-24(11-9-23)18(27)6-7-26-16(4)19(20)15(3)22-26/h13H,5-12H2,1-4H3. The lowest BCUT2D eigenvalue weighted by Gasteiger charge is -2.34. The Morgan fingerprint density at radius 3 is 2.37 bits per heavy atom. The Kier molecular flexibility index (Phi) is 6.37. The van der Waals surface area contributed by atoms with Crippen LogP contribution < -0.4 is 0 Å². The molecule has 1 aliphatic heterocycles. The van der Waals surface area contributed by atoms with Crippen molar-refractivity contribution in [1.29, 1.82) is 0 Å². The van der Waals surface area contributed by atoms with Gasteiger partial charge in [-0.3, -0.25) is 19.1 Å². The molecule has 0 bridgehead atoms. The first kappa shape index (κ1) is 20.1. The summed E-state index contributed by atoms with van der Waals surface area (Å²) in [5.74, 6) is 0.216. The minimum Gasteiger partial charge on any atom is -0.340 e. The Morgan fingerprint density at radius 2 is 1.81 bits per heavy atom. The molecule has 0 saturated carbocycles. The van der Waals surface area contributed by atoms with Gasteiger partial charge < -0.3 is 4.90 Å². The molecular weight excluding hydrogens is 408 g/mol. The zero-order chi connectivity index (χ0) is 19.6. The largest absolute Gasteiger partial charge is 0.340 e. The summed E-state index contributed by atoms with van der Waals surface area (Å²) in [7, 11) is 0. The van der Waals surface area contributed by atoms with Gasteiger partial charge in [0.1, 0.15) is 0 Å². The van der Waals surface area contributed by atoms with E-state index in [1.807, 2.05) is 28.1 Å². The van der Waals surface area contributed by atoms with Crippen LogP contribution in [-0.4, -0.2) is 61.4 Å². The van der Waals surface area contributed by atoms with E-state index in [0.717, 1.165) is 60.8 Å². The molecule has 0 N–H and O–H groups in total. The van der Waals surface area contributed by atoms with E-state index >= 15 is 0 Å². The van der Waals surface area contributed by atoms with Gasteiger partial charge in [-0.05, 0) is 43.6 Å². The third kappa shape index (κ3) is 4.60. The molecular formula is C19H29BrN6O. The van der Waals surface area contributed by atoms with E-state index in [9.17, 15) is 4.79 Å². The Morgan fingerprint density at radius 1 is 1.11 bits per heavy atom. The molecule has 8 heteroatoms. The number of piperazine rings is 1. The van der Waals surface area contributed by atoms with Crippen LogP contribution in [0.1, 0.15) is 36.0 Å². The summed E-state index contributed by atoms with van der Waals surface area (Å²) in [6.45, 7) is 14.0. The molecule has 3 rings (SSSR count). The van der Waals surface area contributed by atoms with Crippen LogP contribution in [0.4, 0.5) is 0 Å². The normalized spacial score (nSPS) is 15.5. The maximum atomic E-state index is 12.6. The lowest BCUT2D eigenvalue weighted by molar-refractivity contribution is -0.133. The van der Waals surface area contributed by atoms with Crippen LogP contribution in [0.3, 0.4) is 0 Å². The first-order valence-corrected chi connectivity index (χ1v) is 10.4. The second kappa shape index (κ2) is 8.56. The average molecular weight is 437 g/mol. The zero-order valence-electron chi connectivity index (χ0n) is 16.7. The molecule has 0 spiro atoms. The Labute approximate surface area is 169 Å². The lowest BCUT2D eigenvalue weighted by Crippen LogP contribution is -2.48. The number of carbonyl (C=O) groups excluding carboxylic acids is 1. The van der Waals surface area contributed by atoms with Crippen LogP contribution >= 0.6 is 15.9 Å². The van der Waals surface area contributed by atoms with Crippen LogP contribution in [0, 0.1) is 20.8 Å². The van der Waals surface area contributed by atoms with E-state index in [-0.39, 0.29) is 5.91 Å². The highest BCUT2D eigenvalue weighted by Gasteiger charge is 2.22. The van der Waals surface area contributed by atoms with Crippen molar-refractivity contribution in [3.05, 3.63) is 33.3 Å². The summed E-state index contributed by atoms with van der Waals surface area (Å²) in [6, 6.07) is 0. The average Bonchev–Trinajstić information content (AvgIpc) is 3.14. The van der Waals surface area contributed by atoms with Gasteiger partial charge in [-0.1, -0.05) is 0 Å². The molecule has 2 aromatic rings. The maximum absolute atomic E-state index is 12.6. The van der Waals surface area contributed by atoms with E-state index in [4.69, 9.17) is 0 Å². The van der Waals surface area contributed by atoms with Crippen LogP contribution in [0.5, 0.6) is 0 Å². The van der Waals surface area contributed by atoms with Crippen LogP contribution in [0.2, 0.25) is 0 Å². The quantitative estimate of drug-likeness (QED) is 0.697. The van der Waals surface area contributed by atoms with E-state index in [1.165, 1.54) is 5.56 Å². The van der Waals surface area contributed by atoms with Crippen molar-refractivity contribution in [3.8, 4) is 0 Å². The fraction of sp³-hybridized carbons (Fsp3) is 0.632. The number of rotatable bonds is 6. The molecule has 148 valence electrons. The fourth-order valence-electron chi connectivity index (χ4n) is 3.53. The molecule has 0 aromatic carbocycles. The molecule has 1 aliphatic rings. The predicted octanol–water partition coefficient (Wildman–Crippen LogP) is 2.52. The minimum absolute atomic E-state index is 0.216. The number of hydrogen-bond donors (Lipinski definition) is 0. The molecule has 3 heterocycles. The summed E-state index contributed by atoms with van der Waals surface area (Å²) in [5, 5.41) is 9.01. The summed E-state index contributed by atoms with van der Waals surface area (Å²) in [6.07, 6.45) is 2.64. The van der Waals surface area contributed by atoms with Crippen molar-refractivity contribution in [2.45, 2.75) is 53.8 Å². The molecule has 1 saturated heterocycles. The molecule has 27 heavy (non-hydrogen) atoms. The number of nitrogens with zero attached hydrogens (tertiary/aromatic N) is 6. The molecule has 0 atom stereocenters. The van der Waals surface area contributed by atoms with Gasteiger partial charge in [0, 0.05) is 63.1 Å². The van der Waals surface area contributed by atoms with E-state index < -0.39 is 0 Å². The SMILES string of the molecule is CCn1cc(CN2CCN(C(=O)CCn3nc(C)c(Br)c3C)CC2)c(C)n1. The number of aromatic nitrogens is 4. The summed E-state index contributed by atoms with van der Waals surface area (Å²) in [5.41, 5.74) is 4.43. The zero-order valence-corrected chi connectivity index (χ0v) is 18.3. The van der Waals surface area contributed by atoms with Crippen molar-refractivity contribution >= 4 is 21.8 Å². The molecule has 2 aromatic heterocycles. The molecule has 7 nitrogen and oxygen atoms in total. The second-order valence-corrected chi connectivity index (χ2v) is 8.00. The van der Waals surface area contributed by atoms with E-state index in [2.05, 4.69) is 51.1 Å². The maximum Gasteiger partial charge on any atom is 0.224 e. The number of aryl methyl sites for hydroxylation is 4. The van der Waals surface area contributed by atoms with Gasteiger partial charge in [0.25, 0.3) is 0 Å². The summed E-state index contributed by atoms with van der Waals surface area (Å²) < 4.78 is 4.94. The van der Waals surface area contributed by atoms with Crippen LogP contribution in [-0.2, 0) is 24.4 Å². The molecule has 1 amide bonds. The Balaban J connectivity index is 1.47. The van der Waals surface area contributed by atoms with Gasteiger partial charge in [-0.25, -0.2) is 0 Å². The van der Waals surface area contributed by atoms with Gasteiger partial charge in [0.15, 0.2) is 0 Å². The number of halogens is 1. The third-order valence-corrected chi connectivity index (χ3v) is 6.47. The fourth-order valence-corrected chi connectivity index (χ4v) is 3.81. The highest BCUT2D eigenvalue weighted by Crippen LogP contribution is 2.20. The Hall–Kier alpha value is -1.67. The first-order chi connectivity index (χ1) is 12.9. The van der Waals surface area contributed by atoms with Gasteiger partial charge in [-0.2, -0.15) is 10.2 Å². The smallest absolute Gasteiger partial charge is 0.224 e. The van der Waals surface area contributed by atoms with Gasteiger partial charge in [-0.15, -0.1) is 0 Å². The first-order valence-electron chi connectivity index (χ1n) is 9.61. The lowest BCUT2D eigenvalue weighted by atomic mass is 10.2. The predicted molar refractivity (Wildman–Crippen MR) is 109 cm³/mol. The van der Waals surface area contributed by atoms with Crippen molar-refractivity contribution in [2.24, 2.45) is 0 Å². The monoisotopic (exact) mass is 436 g/mol. The van der Waals surface area contributed by atoms with E-state index in [0.29, 0.717) is 13.0 Å². The molecule has 0 aliphatic carbocycles. The van der Waals surface area contributed by atoms with Crippen LogP contribution in [0.25, 0.3) is 0 Å². The molecule has 0 radical (unpaired) electrons. The van der Waals surface area contributed by atoms with Crippen molar-refractivity contribution in [2.75, 3.05) is 26.2 Å².